The molecule has 0 spiro atoms. The van der Waals surface area contributed by atoms with Crippen LogP contribution in [-0.2, 0) is 0 Å². The molecule has 0 aromatic carbocycles. The molecule has 2 rings (SSSR count). The van der Waals surface area contributed by atoms with Gasteiger partial charge in [0.25, 0.3) is 12.2 Å². The van der Waals surface area contributed by atoms with Crippen molar-refractivity contribution in [1.29, 1.82) is 0 Å². The summed E-state index contributed by atoms with van der Waals surface area (Å²) in [6, 6.07) is 1.64. The second-order valence-electron chi connectivity index (χ2n) is 3.79. The zero-order valence-corrected chi connectivity index (χ0v) is 9.79. The van der Waals surface area contributed by atoms with Crippen molar-refractivity contribution in [2.45, 2.75) is 13.3 Å². The Morgan fingerprint density at radius 1 is 1.50 bits per heavy atom. The molecule has 18 heavy (non-hydrogen) atoms. The Bertz CT molecular complexity index is 530. The van der Waals surface area contributed by atoms with E-state index < -0.39 is 13.0 Å². The van der Waals surface area contributed by atoms with Crippen LogP contribution in [0.5, 0.6) is 0 Å². The molecule has 0 unspecified atom stereocenters. The number of nitrogens with zero attached hydrogens (tertiary/aromatic N) is 5. The van der Waals surface area contributed by atoms with E-state index in [0.717, 1.165) is 0 Å². The van der Waals surface area contributed by atoms with E-state index in [1.807, 2.05) is 0 Å². The fraction of sp³-hybridized carbons (Fsp3) is 0.500. The Balaban J connectivity index is 2.44. The molecule has 0 aliphatic rings. The monoisotopic (exact) mass is 257 g/mol. The van der Waals surface area contributed by atoms with Crippen LogP contribution in [0.15, 0.2) is 12.4 Å². The van der Waals surface area contributed by atoms with E-state index in [1.165, 1.54) is 15.7 Å². The smallest absolute Gasteiger partial charge is 0.255 e. The number of halogens is 2. The van der Waals surface area contributed by atoms with Crippen molar-refractivity contribution in [2.24, 2.45) is 0 Å². The highest BCUT2D eigenvalue weighted by Crippen LogP contribution is 2.16. The van der Waals surface area contributed by atoms with Gasteiger partial charge in [0.05, 0.1) is 13.2 Å². The minimum absolute atomic E-state index is 0.1000. The lowest BCUT2D eigenvalue weighted by Crippen LogP contribution is -2.33. The zero-order valence-electron chi connectivity index (χ0n) is 9.79. The summed E-state index contributed by atoms with van der Waals surface area (Å²) in [6.07, 6.45) is -1.19. The molecule has 0 fully saturated rings. The molecule has 98 valence electrons. The van der Waals surface area contributed by atoms with E-state index in [0.29, 0.717) is 17.3 Å². The van der Waals surface area contributed by atoms with Gasteiger partial charge in [-0.05, 0) is 6.92 Å². The molecule has 1 N–H and O–H groups in total. The summed E-state index contributed by atoms with van der Waals surface area (Å²) in [5.41, 5.74) is 0.655. The lowest BCUT2D eigenvalue weighted by atomic mass is 10.3. The molecule has 0 atom stereocenters. The van der Waals surface area contributed by atoms with Crippen LogP contribution in [-0.4, -0.2) is 50.8 Å². The molecular weight excluding hydrogens is 244 g/mol. The molecule has 0 radical (unpaired) electrons. The van der Waals surface area contributed by atoms with Gasteiger partial charge in [-0.2, -0.15) is 14.6 Å². The Labute approximate surface area is 102 Å². The molecule has 6 nitrogen and oxygen atoms in total. The second-order valence-corrected chi connectivity index (χ2v) is 3.79. The van der Waals surface area contributed by atoms with Crippen molar-refractivity contribution < 1.29 is 13.9 Å². The molecule has 0 amide bonds. The molecule has 2 heterocycles. The third kappa shape index (κ3) is 2.53. The van der Waals surface area contributed by atoms with Crippen molar-refractivity contribution in [3.63, 3.8) is 0 Å². The van der Waals surface area contributed by atoms with Gasteiger partial charge in [0.15, 0.2) is 0 Å². The van der Waals surface area contributed by atoms with Crippen LogP contribution in [0.3, 0.4) is 0 Å². The van der Waals surface area contributed by atoms with Gasteiger partial charge in [0, 0.05) is 18.3 Å². The average molecular weight is 257 g/mol. The Hall–Kier alpha value is -1.83. The van der Waals surface area contributed by atoms with E-state index in [-0.39, 0.29) is 13.2 Å². The lowest BCUT2D eigenvalue weighted by molar-refractivity contribution is 0.152. The second kappa shape index (κ2) is 5.21. The number of alkyl halides is 2. The Morgan fingerprint density at radius 2 is 2.28 bits per heavy atom. The zero-order chi connectivity index (χ0) is 13.1. The van der Waals surface area contributed by atoms with Crippen molar-refractivity contribution in [1.82, 2.24) is 19.6 Å². The molecule has 0 aliphatic heterocycles. The number of hydrogen-bond acceptors (Lipinski definition) is 5. The summed E-state index contributed by atoms with van der Waals surface area (Å²) >= 11 is 0. The molecule has 0 bridgehead atoms. The number of aliphatic hydroxyl groups excluding tert-OH is 1. The van der Waals surface area contributed by atoms with Gasteiger partial charge < -0.3 is 10.0 Å². The first-order valence-electron chi connectivity index (χ1n) is 5.43. The van der Waals surface area contributed by atoms with Crippen LogP contribution in [0, 0.1) is 6.92 Å². The van der Waals surface area contributed by atoms with E-state index in [2.05, 4.69) is 15.1 Å². The largest absolute Gasteiger partial charge is 0.395 e. The molecule has 0 saturated carbocycles. The SMILES string of the molecule is Cc1cc(N(CCO)CC(F)F)n2ncnc2n1. The highest BCUT2D eigenvalue weighted by Gasteiger charge is 2.16. The maximum atomic E-state index is 12.5. The third-order valence-corrected chi connectivity index (χ3v) is 2.41. The van der Waals surface area contributed by atoms with Crippen LogP contribution in [0.1, 0.15) is 5.69 Å². The summed E-state index contributed by atoms with van der Waals surface area (Å²) in [6.45, 7) is 1.16. The van der Waals surface area contributed by atoms with Crippen molar-refractivity contribution in [3.05, 3.63) is 18.1 Å². The number of aromatic nitrogens is 4. The highest BCUT2D eigenvalue weighted by atomic mass is 19.3. The molecule has 0 saturated heterocycles. The maximum absolute atomic E-state index is 12.5. The predicted octanol–water partition coefficient (Wildman–Crippen LogP) is 0.497. The maximum Gasteiger partial charge on any atom is 0.255 e. The van der Waals surface area contributed by atoms with Crippen molar-refractivity contribution in [3.8, 4) is 0 Å². The molecule has 2 aromatic rings. The Morgan fingerprint density at radius 3 is 2.94 bits per heavy atom. The van der Waals surface area contributed by atoms with Gasteiger partial charge in [0.2, 0.25) is 0 Å². The summed E-state index contributed by atoms with van der Waals surface area (Å²) in [4.78, 5) is 9.42. The number of aryl methyl sites for hydroxylation is 1. The van der Waals surface area contributed by atoms with Crippen LogP contribution < -0.4 is 4.90 Å². The van der Waals surface area contributed by atoms with E-state index in [4.69, 9.17) is 5.11 Å². The number of rotatable bonds is 5. The fourth-order valence-corrected chi connectivity index (χ4v) is 1.72. The van der Waals surface area contributed by atoms with E-state index >= 15 is 0 Å². The number of hydrogen-bond donors (Lipinski definition) is 1. The first-order valence-corrected chi connectivity index (χ1v) is 5.43. The van der Waals surface area contributed by atoms with Gasteiger partial charge >= 0.3 is 0 Å². The summed E-state index contributed by atoms with van der Waals surface area (Å²) in [5, 5.41) is 12.9. The summed E-state index contributed by atoms with van der Waals surface area (Å²) in [5.74, 6) is 0.798. The van der Waals surface area contributed by atoms with Gasteiger partial charge in [-0.15, -0.1) is 0 Å². The summed E-state index contributed by atoms with van der Waals surface area (Å²) < 4.78 is 26.5. The quantitative estimate of drug-likeness (QED) is 0.844. The minimum Gasteiger partial charge on any atom is -0.395 e. The van der Waals surface area contributed by atoms with Crippen LogP contribution in [0.4, 0.5) is 14.6 Å². The first-order chi connectivity index (χ1) is 8.61. The van der Waals surface area contributed by atoms with E-state index in [9.17, 15) is 8.78 Å². The van der Waals surface area contributed by atoms with E-state index in [1.54, 1.807) is 13.0 Å². The predicted molar refractivity (Wildman–Crippen MR) is 60.8 cm³/mol. The lowest BCUT2D eigenvalue weighted by Gasteiger charge is -2.23. The normalized spacial score (nSPS) is 11.4. The van der Waals surface area contributed by atoms with Gasteiger partial charge in [-0.3, -0.25) is 0 Å². The highest BCUT2D eigenvalue weighted by molar-refractivity contribution is 5.47. The van der Waals surface area contributed by atoms with Gasteiger partial charge in [-0.25, -0.2) is 13.8 Å². The topological polar surface area (TPSA) is 66.5 Å². The van der Waals surface area contributed by atoms with Gasteiger partial charge in [-0.1, -0.05) is 0 Å². The number of aliphatic hydroxyl groups is 1. The third-order valence-electron chi connectivity index (χ3n) is 2.41. The van der Waals surface area contributed by atoms with Crippen molar-refractivity contribution >= 4 is 11.6 Å². The molecular formula is C10H13F2N5O. The minimum atomic E-state index is -2.50. The Kier molecular flexibility index (Phi) is 3.66. The van der Waals surface area contributed by atoms with Crippen LogP contribution >= 0.6 is 0 Å². The van der Waals surface area contributed by atoms with Crippen LogP contribution in [0.2, 0.25) is 0 Å². The average Bonchev–Trinajstić information content (AvgIpc) is 2.74. The van der Waals surface area contributed by atoms with Gasteiger partial charge in [0.1, 0.15) is 12.1 Å². The standard InChI is InChI=1S/C10H13F2N5O/c1-7-4-9(16(2-3-18)5-8(11)12)17-10(15-7)13-6-14-17/h4,6,8,18H,2-3,5H2,1H3. The summed E-state index contributed by atoms with van der Waals surface area (Å²) in [7, 11) is 0. The van der Waals surface area contributed by atoms with Crippen molar-refractivity contribution in [2.75, 3.05) is 24.6 Å². The fourth-order valence-electron chi connectivity index (χ4n) is 1.72. The molecule has 0 aliphatic carbocycles. The first kappa shape index (κ1) is 12.6. The van der Waals surface area contributed by atoms with Crippen LogP contribution in [0.25, 0.3) is 5.78 Å². The number of anilines is 1. The molecule has 8 heteroatoms. The number of fused-ring (bicyclic) bond motifs is 1. The molecule has 2 aromatic heterocycles.